The number of benzene rings is 1. The normalized spacial score (nSPS) is 11.5. The predicted octanol–water partition coefficient (Wildman–Crippen LogP) is 3.30. The van der Waals surface area contributed by atoms with E-state index in [4.69, 9.17) is 26.2 Å². The van der Waals surface area contributed by atoms with Gasteiger partial charge in [0.15, 0.2) is 10.8 Å². The van der Waals surface area contributed by atoms with E-state index in [1.165, 1.54) is 10.9 Å². The van der Waals surface area contributed by atoms with Crippen LogP contribution in [0.2, 0.25) is 5.02 Å². The molecule has 1 aromatic heterocycles. The minimum absolute atomic E-state index is 0.00443. The first kappa shape index (κ1) is 20.3. The maximum Gasteiger partial charge on any atom is 0.289 e. The van der Waals surface area contributed by atoms with Crippen LogP contribution in [0.3, 0.4) is 0 Å². The summed E-state index contributed by atoms with van der Waals surface area (Å²) in [5.41, 5.74) is 1.02. The van der Waals surface area contributed by atoms with Gasteiger partial charge in [-0.25, -0.2) is 4.68 Å². The van der Waals surface area contributed by atoms with Gasteiger partial charge in [-0.15, -0.1) is 0 Å². The number of rotatable bonds is 7. The summed E-state index contributed by atoms with van der Waals surface area (Å²) in [4.78, 5) is 12.4. The molecule has 0 aliphatic carbocycles. The molecule has 0 saturated heterocycles. The Bertz CT molecular complexity index is 812. The number of aliphatic hydroxyl groups is 1. The number of ether oxygens (including phenoxy) is 2. The topological polar surface area (TPSA) is 73.6 Å². The zero-order chi connectivity index (χ0) is 19.3. The third-order valence-corrected chi connectivity index (χ3v) is 4.04. The van der Waals surface area contributed by atoms with Crippen molar-refractivity contribution >= 4 is 11.6 Å². The summed E-state index contributed by atoms with van der Waals surface area (Å²) in [6.07, 6.45) is 2.00. The first-order valence-corrected chi connectivity index (χ1v) is 8.86. The van der Waals surface area contributed by atoms with Crippen molar-refractivity contribution in [1.29, 1.82) is 0 Å². The predicted molar refractivity (Wildman–Crippen MR) is 101 cm³/mol. The molecule has 2 aromatic rings. The Kier molecular flexibility index (Phi) is 6.67. The standard InChI is InChI=1S/C19H25ClN2O4/c1-13-6-7-14(15(10-13)25-9-5-8-23)12-26-16-11-21-22(19(2,3)4)18(24)17(16)20/h6-7,10-11,23H,5,8-9,12H2,1-4H3. The van der Waals surface area contributed by atoms with Crippen LogP contribution < -0.4 is 15.0 Å². The summed E-state index contributed by atoms with van der Waals surface area (Å²) >= 11 is 6.18. The van der Waals surface area contributed by atoms with Gasteiger partial charge in [0.25, 0.3) is 5.56 Å². The summed E-state index contributed by atoms with van der Waals surface area (Å²) in [5, 5.41) is 13.1. The van der Waals surface area contributed by atoms with Gasteiger partial charge in [-0.05, 0) is 39.3 Å². The molecular weight excluding hydrogens is 356 g/mol. The maximum absolute atomic E-state index is 12.4. The van der Waals surface area contributed by atoms with Gasteiger partial charge in [0.2, 0.25) is 0 Å². The Morgan fingerprint density at radius 2 is 1.96 bits per heavy atom. The Morgan fingerprint density at radius 3 is 2.62 bits per heavy atom. The molecule has 0 aliphatic heterocycles. The second-order valence-corrected chi connectivity index (χ2v) is 7.41. The molecule has 0 saturated carbocycles. The summed E-state index contributed by atoms with van der Waals surface area (Å²) in [7, 11) is 0. The van der Waals surface area contributed by atoms with Crippen molar-refractivity contribution in [3.63, 3.8) is 0 Å². The number of nitrogens with zero attached hydrogens (tertiary/aromatic N) is 2. The van der Waals surface area contributed by atoms with E-state index in [1.54, 1.807) is 0 Å². The van der Waals surface area contributed by atoms with Crippen molar-refractivity contribution in [2.75, 3.05) is 13.2 Å². The average Bonchev–Trinajstić information content (AvgIpc) is 2.56. The maximum atomic E-state index is 12.4. The average molecular weight is 381 g/mol. The number of aliphatic hydroxyl groups excluding tert-OH is 1. The summed E-state index contributed by atoms with van der Waals surface area (Å²) in [6, 6.07) is 5.77. The van der Waals surface area contributed by atoms with Crippen LogP contribution in [-0.4, -0.2) is 28.1 Å². The molecule has 0 aliphatic rings. The molecule has 0 radical (unpaired) electrons. The van der Waals surface area contributed by atoms with Crippen molar-refractivity contribution < 1.29 is 14.6 Å². The smallest absolute Gasteiger partial charge is 0.289 e. The highest BCUT2D eigenvalue weighted by Gasteiger charge is 2.20. The van der Waals surface area contributed by atoms with Gasteiger partial charge >= 0.3 is 0 Å². The highest BCUT2D eigenvalue weighted by molar-refractivity contribution is 6.31. The monoisotopic (exact) mass is 380 g/mol. The first-order valence-electron chi connectivity index (χ1n) is 8.48. The van der Waals surface area contributed by atoms with Crippen LogP contribution in [0.25, 0.3) is 0 Å². The second-order valence-electron chi connectivity index (χ2n) is 7.04. The Morgan fingerprint density at radius 1 is 1.23 bits per heavy atom. The molecule has 0 atom stereocenters. The molecule has 1 N–H and O–H groups in total. The fourth-order valence-electron chi connectivity index (χ4n) is 2.31. The van der Waals surface area contributed by atoms with Crippen molar-refractivity contribution in [2.24, 2.45) is 0 Å². The van der Waals surface area contributed by atoms with Crippen LogP contribution >= 0.6 is 11.6 Å². The molecule has 2 rings (SSSR count). The molecule has 0 spiro atoms. The molecule has 1 aromatic carbocycles. The van der Waals surface area contributed by atoms with Crippen molar-refractivity contribution in [2.45, 2.75) is 46.3 Å². The van der Waals surface area contributed by atoms with Crippen LogP contribution in [0, 0.1) is 6.92 Å². The number of hydrogen-bond donors (Lipinski definition) is 1. The molecule has 0 fully saturated rings. The van der Waals surface area contributed by atoms with Gasteiger partial charge < -0.3 is 14.6 Å². The molecule has 6 nitrogen and oxygen atoms in total. The van der Waals surface area contributed by atoms with E-state index in [2.05, 4.69) is 5.10 Å². The Balaban J connectivity index is 2.19. The van der Waals surface area contributed by atoms with Crippen LogP contribution in [0.4, 0.5) is 0 Å². The molecule has 0 amide bonds. The highest BCUT2D eigenvalue weighted by atomic mass is 35.5. The minimum atomic E-state index is -0.468. The van der Waals surface area contributed by atoms with E-state index in [9.17, 15) is 4.79 Å². The van der Waals surface area contributed by atoms with Gasteiger partial charge in [0.05, 0.1) is 18.3 Å². The lowest BCUT2D eigenvalue weighted by Gasteiger charge is -2.21. The van der Waals surface area contributed by atoms with E-state index < -0.39 is 5.54 Å². The number of aryl methyl sites for hydroxylation is 1. The largest absolute Gasteiger partial charge is 0.493 e. The van der Waals surface area contributed by atoms with Crippen LogP contribution in [0.15, 0.2) is 29.2 Å². The van der Waals surface area contributed by atoms with Crippen molar-refractivity contribution in [3.8, 4) is 11.5 Å². The number of aromatic nitrogens is 2. The first-order chi connectivity index (χ1) is 12.2. The Hall–Kier alpha value is -2.05. The van der Waals surface area contributed by atoms with Gasteiger partial charge in [0, 0.05) is 18.6 Å². The number of hydrogen-bond acceptors (Lipinski definition) is 5. The molecule has 7 heteroatoms. The molecule has 142 valence electrons. The third kappa shape index (κ3) is 4.99. The van der Waals surface area contributed by atoms with Crippen LogP contribution in [0.1, 0.15) is 38.3 Å². The highest BCUT2D eigenvalue weighted by Crippen LogP contribution is 2.25. The van der Waals surface area contributed by atoms with E-state index in [0.29, 0.717) is 18.8 Å². The van der Waals surface area contributed by atoms with Gasteiger partial charge in [-0.1, -0.05) is 23.7 Å². The zero-order valence-electron chi connectivity index (χ0n) is 15.6. The molecule has 0 bridgehead atoms. The van der Waals surface area contributed by atoms with E-state index >= 15 is 0 Å². The lowest BCUT2D eigenvalue weighted by atomic mass is 10.1. The molecule has 0 unspecified atom stereocenters. The van der Waals surface area contributed by atoms with E-state index in [0.717, 1.165) is 11.1 Å². The lowest BCUT2D eigenvalue weighted by Crippen LogP contribution is -2.36. The summed E-state index contributed by atoms with van der Waals surface area (Å²) in [6.45, 7) is 8.27. The SMILES string of the molecule is Cc1ccc(COc2cnn(C(C)(C)C)c(=O)c2Cl)c(OCCCO)c1. The van der Waals surface area contributed by atoms with E-state index in [-0.39, 0.29) is 29.5 Å². The van der Waals surface area contributed by atoms with Crippen molar-refractivity contribution in [1.82, 2.24) is 9.78 Å². The lowest BCUT2D eigenvalue weighted by molar-refractivity contribution is 0.228. The molecule has 26 heavy (non-hydrogen) atoms. The third-order valence-electron chi connectivity index (χ3n) is 3.69. The van der Waals surface area contributed by atoms with E-state index in [1.807, 2.05) is 45.9 Å². The fraction of sp³-hybridized carbons (Fsp3) is 0.474. The van der Waals surface area contributed by atoms with Gasteiger partial charge in [0.1, 0.15) is 12.4 Å². The van der Waals surface area contributed by atoms with Gasteiger partial charge in [-0.2, -0.15) is 5.10 Å². The van der Waals surface area contributed by atoms with Gasteiger partial charge in [-0.3, -0.25) is 4.79 Å². The van der Waals surface area contributed by atoms with Crippen LogP contribution in [0.5, 0.6) is 11.5 Å². The second kappa shape index (κ2) is 8.56. The Labute approximate surface area is 158 Å². The zero-order valence-corrected chi connectivity index (χ0v) is 16.3. The molecule has 1 heterocycles. The fourth-order valence-corrected chi connectivity index (χ4v) is 2.50. The summed E-state index contributed by atoms with van der Waals surface area (Å²) < 4.78 is 12.8. The summed E-state index contributed by atoms with van der Waals surface area (Å²) in [5.74, 6) is 0.921. The van der Waals surface area contributed by atoms with Crippen LogP contribution in [-0.2, 0) is 12.1 Å². The minimum Gasteiger partial charge on any atom is -0.493 e. The quantitative estimate of drug-likeness (QED) is 0.746. The molecular formula is C19H25ClN2O4. The van der Waals surface area contributed by atoms with Crippen molar-refractivity contribution in [3.05, 3.63) is 50.9 Å². The number of halogens is 1.